The van der Waals surface area contributed by atoms with Crippen molar-refractivity contribution in [2.45, 2.75) is 51.4 Å². The zero-order chi connectivity index (χ0) is 14.6. The van der Waals surface area contributed by atoms with E-state index in [4.69, 9.17) is 6.42 Å². The summed E-state index contributed by atoms with van der Waals surface area (Å²) < 4.78 is 0. The number of hydrogen-bond donors (Lipinski definition) is 1. The van der Waals surface area contributed by atoms with Crippen molar-refractivity contribution in [1.82, 2.24) is 0 Å². The lowest BCUT2D eigenvalue weighted by Gasteiger charge is -2.50. The van der Waals surface area contributed by atoms with Gasteiger partial charge < -0.3 is 5.11 Å². The van der Waals surface area contributed by atoms with Crippen molar-refractivity contribution in [2.24, 2.45) is 23.2 Å². The van der Waals surface area contributed by atoms with Crippen LogP contribution in [0.2, 0.25) is 0 Å². The minimum Gasteiger partial charge on any atom is -0.508 e. The molecule has 1 aromatic carbocycles. The Morgan fingerprint density at radius 3 is 2.90 bits per heavy atom. The van der Waals surface area contributed by atoms with E-state index in [0.717, 1.165) is 18.3 Å². The van der Waals surface area contributed by atoms with E-state index in [1.54, 1.807) is 0 Å². The summed E-state index contributed by atoms with van der Waals surface area (Å²) in [5, 5.41) is 9.72. The van der Waals surface area contributed by atoms with Gasteiger partial charge >= 0.3 is 0 Å². The second-order valence-corrected chi connectivity index (χ2v) is 7.64. The highest BCUT2D eigenvalue weighted by Crippen LogP contribution is 2.62. The van der Waals surface area contributed by atoms with Gasteiger partial charge in [-0.1, -0.05) is 13.0 Å². The van der Waals surface area contributed by atoms with Crippen molar-refractivity contribution in [3.63, 3.8) is 0 Å². The summed E-state index contributed by atoms with van der Waals surface area (Å²) in [4.78, 5) is 0. The van der Waals surface area contributed by atoms with Crippen LogP contribution >= 0.6 is 0 Å². The number of benzene rings is 1. The maximum Gasteiger partial charge on any atom is 0.115 e. The molecule has 0 aromatic heterocycles. The third kappa shape index (κ3) is 1.78. The fourth-order valence-electron chi connectivity index (χ4n) is 5.84. The first-order valence-corrected chi connectivity index (χ1v) is 8.41. The van der Waals surface area contributed by atoms with Crippen LogP contribution in [-0.2, 0) is 6.42 Å². The Labute approximate surface area is 127 Å². The van der Waals surface area contributed by atoms with Crippen LogP contribution in [0.4, 0.5) is 0 Å². The average molecular weight is 280 g/mol. The number of phenols is 1. The van der Waals surface area contributed by atoms with Gasteiger partial charge in [-0.2, -0.15) is 0 Å². The molecule has 3 aliphatic rings. The first kappa shape index (κ1) is 13.3. The van der Waals surface area contributed by atoms with Crippen LogP contribution in [0.5, 0.6) is 5.75 Å². The number of hydrogen-bond acceptors (Lipinski definition) is 1. The Balaban J connectivity index is 1.70. The quantitative estimate of drug-likeness (QED) is 0.694. The maximum atomic E-state index is 9.72. The molecule has 110 valence electrons. The summed E-state index contributed by atoms with van der Waals surface area (Å²) in [5.74, 6) is 6.31. The number of phenolic OH excluding ortho intramolecular Hbond substituents is 1. The van der Waals surface area contributed by atoms with Gasteiger partial charge in [0.25, 0.3) is 0 Å². The highest BCUT2D eigenvalue weighted by atomic mass is 16.3. The van der Waals surface area contributed by atoms with Crippen LogP contribution in [0, 0.1) is 35.5 Å². The molecule has 4 unspecified atom stereocenters. The number of fused-ring (bicyclic) bond motifs is 5. The van der Waals surface area contributed by atoms with Gasteiger partial charge in [-0.3, -0.25) is 0 Å². The van der Waals surface area contributed by atoms with Crippen LogP contribution < -0.4 is 0 Å². The average Bonchev–Trinajstić information content (AvgIpc) is 2.83. The van der Waals surface area contributed by atoms with E-state index >= 15 is 0 Å². The van der Waals surface area contributed by atoms with Gasteiger partial charge in [0, 0.05) is 5.92 Å². The van der Waals surface area contributed by atoms with Gasteiger partial charge in [0.1, 0.15) is 5.75 Å². The number of terminal acetylenes is 1. The fraction of sp³-hybridized carbons (Fsp3) is 0.600. The van der Waals surface area contributed by atoms with Crippen LogP contribution in [0.15, 0.2) is 18.2 Å². The summed E-state index contributed by atoms with van der Waals surface area (Å²) in [6.07, 6.45) is 13.3. The molecular formula is C20H24O. The van der Waals surface area contributed by atoms with E-state index in [-0.39, 0.29) is 0 Å². The summed E-state index contributed by atoms with van der Waals surface area (Å²) in [6, 6.07) is 6.03. The second-order valence-electron chi connectivity index (χ2n) is 7.64. The molecule has 1 heteroatoms. The molecule has 4 rings (SSSR count). The van der Waals surface area contributed by atoms with Crippen LogP contribution in [0.3, 0.4) is 0 Å². The molecule has 0 heterocycles. The molecule has 2 saturated carbocycles. The van der Waals surface area contributed by atoms with E-state index < -0.39 is 0 Å². The number of aryl methyl sites for hydroxylation is 1. The Morgan fingerprint density at radius 1 is 1.24 bits per heavy atom. The minimum atomic E-state index is 0.379. The third-order valence-electron chi connectivity index (χ3n) is 6.91. The lowest BCUT2D eigenvalue weighted by atomic mass is 9.54. The van der Waals surface area contributed by atoms with Crippen molar-refractivity contribution >= 4 is 0 Å². The lowest BCUT2D eigenvalue weighted by molar-refractivity contribution is 0.0432. The third-order valence-corrected chi connectivity index (χ3v) is 6.91. The van der Waals surface area contributed by atoms with Crippen molar-refractivity contribution < 1.29 is 5.11 Å². The molecule has 0 aliphatic heterocycles. The van der Waals surface area contributed by atoms with Crippen molar-refractivity contribution in [3.05, 3.63) is 29.3 Å². The summed E-state index contributed by atoms with van der Waals surface area (Å²) >= 11 is 0. The number of aromatic hydroxyl groups is 1. The van der Waals surface area contributed by atoms with E-state index in [2.05, 4.69) is 18.9 Å². The normalized spacial score (nSPS) is 40.8. The Morgan fingerprint density at radius 2 is 2.10 bits per heavy atom. The van der Waals surface area contributed by atoms with Gasteiger partial charge in [-0.25, -0.2) is 0 Å². The van der Waals surface area contributed by atoms with Crippen molar-refractivity contribution in [3.8, 4) is 18.1 Å². The molecule has 1 aromatic rings. The van der Waals surface area contributed by atoms with E-state index in [0.29, 0.717) is 23.0 Å². The molecule has 0 radical (unpaired) electrons. The summed E-state index contributed by atoms with van der Waals surface area (Å²) in [7, 11) is 0. The zero-order valence-electron chi connectivity index (χ0n) is 12.8. The minimum absolute atomic E-state index is 0.379. The van der Waals surface area contributed by atoms with Gasteiger partial charge in [0.2, 0.25) is 0 Å². The van der Waals surface area contributed by atoms with Crippen molar-refractivity contribution in [1.29, 1.82) is 0 Å². The maximum absolute atomic E-state index is 9.72. The molecule has 0 bridgehead atoms. The first-order chi connectivity index (χ1) is 10.1. The monoisotopic (exact) mass is 280 g/mol. The van der Waals surface area contributed by atoms with Gasteiger partial charge in [0.15, 0.2) is 0 Å². The summed E-state index contributed by atoms with van der Waals surface area (Å²) in [5.41, 5.74) is 3.27. The smallest absolute Gasteiger partial charge is 0.115 e. The molecule has 0 spiro atoms. The van der Waals surface area contributed by atoms with E-state index in [1.807, 2.05) is 12.1 Å². The second kappa shape index (κ2) is 4.54. The van der Waals surface area contributed by atoms with Gasteiger partial charge in [-0.15, -0.1) is 12.3 Å². The highest BCUT2D eigenvalue weighted by Gasteiger charge is 2.54. The van der Waals surface area contributed by atoms with Crippen LogP contribution in [-0.4, -0.2) is 5.11 Å². The molecule has 2 fully saturated rings. The predicted molar refractivity (Wildman–Crippen MR) is 85.0 cm³/mol. The Bertz CT molecular complexity index is 611. The first-order valence-electron chi connectivity index (χ1n) is 8.41. The molecule has 0 amide bonds. The molecule has 1 N–H and O–H groups in total. The molecule has 3 aliphatic carbocycles. The highest BCUT2D eigenvalue weighted by molar-refractivity contribution is 5.40. The van der Waals surface area contributed by atoms with E-state index in [1.165, 1.54) is 43.2 Å². The van der Waals surface area contributed by atoms with E-state index in [9.17, 15) is 5.11 Å². The lowest BCUT2D eigenvalue weighted by Crippen LogP contribution is -2.42. The molecule has 0 saturated heterocycles. The SMILES string of the molecule is C#C[C@@H]1CCC2C3CCc4cc(O)ccc4C3CCC21C. The number of rotatable bonds is 0. The van der Waals surface area contributed by atoms with Gasteiger partial charge in [0.05, 0.1) is 0 Å². The summed E-state index contributed by atoms with van der Waals surface area (Å²) in [6.45, 7) is 2.46. The van der Waals surface area contributed by atoms with Crippen molar-refractivity contribution in [2.75, 3.05) is 0 Å². The Kier molecular flexibility index (Phi) is 2.86. The fourth-order valence-corrected chi connectivity index (χ4v) is 5.84. The van der Waals surface area contributed by atoms with Gasteiger partial charge in [-0.05, 0) is 85.0 Å². The molecule has 5 atom stereocenters. The predicted octanol–water partition coefficient (Wildman–Crippen LogP) is 4.50. The standard InChI is InChI=1S/C20H24O/c1-3-14-5-9-19-18-7-4-13-12-15(21)6-8-16(13)17(18)10-11-20(14,19)2/h1,6,8,12,14,17-19,21H,4-5,7,9-11H2,2H3/t14-,17?,18?,19?,20?/m1/s1. The molecular weight excluding hydrogens is 256 g/mol. The molecule has 1 nitrogen and oxygen atoms in total. The zero-order valence-corrected chi connectivity index (χ0v) is 12.8. The van der Waals surface area contributed by atoms with Crippen LogP contribution in [0.25, 0.3) is 0 Å². The largest absolute Gasteiger partial charge is 0.508 e. The van der Waals surface area contributed by atoms with Crippen LogP contribution in [0.1, 0.15) is 56.1 Å². The Hall–Kier alpha value is -1.42. The molecule has 21 heavy (non-hydrogen) atoms. The topological polar surface area (TPSA) is 20.2 Å².